The third-order valence-electron chi connectivity index (χ3n) is 1.99. The highest BCUT2D eigenvalue weighted by molar-refractivity contribution is 5.77. The molecule has 0 saturated carbocycles. The van der Waals surface area contributed by atoms with Gasteiger partial charge in [-0.15, -0.1) is 0 Å². The topological polar surface area (TPSA) is 61.5 Å². The van der Waals surface area contributed by atoms with Crippen molar-refractivity contribution in [2.75, 3.05) is 14.2 Å². The van der Waals surface area contributed by atoms with Gasteiger partial charge in [-0.25, -0.2) is 4.39 Å². The quantitative estimate of drug-likeness (QED) is 0.761. The van der Waals surface area contributed by atoms with Crippen LogP contribution in [0.15, 0.2) is 18.2 Å². The van der Waals surface area contributed by atoms with Crippen molar-refractivity contribution >= 4 is 5.97 Å². The third kappa shape index (κ3) is 2.44. The fourth-order valence-electron chi connectivity index (χ4n) is 1.13. The fraction of sp³-hybridized carbons (Fsp3) is 0.300. The van der Waals surface area contributed by atoms with Gasteiger partial charge in [0.1, 0.15) is 6.04 Å². The number of hydrogen-bond donors (Lipinski definition) is 1. The maximum absolute atomic E-state index is 13.0. The lowest BCUT2D eigenvalue weighted by atomic mass is 10.1. The molecule has 0 heterocycles. The smallest absolute Gasteiger partial charge is 0.327 e. The largest absolute Gasteiger partial charge is 0.494 e. The highest BCUT2D eigenvalue weighted by Crippen LogP contribution is 2.21. The van der Waals surface area contributed by atoms with E-state index in [4.69, 9.17) is 10.5 Å². The Kier molecular flexibility index (Phi) is 3.62. The first kappa shape index (κ1) is 11.5. The van der Waals surface area contributed by atoms with Gasteiger partial charge in [0, 0.05) is 0 Å². The van der Waals surface area contributed by atoms with Gasteiger partial charge < -0.3 is 15.2 Å². The van der Waals surface area contributed by atoms with Crippen LogP contribution < -0.4 is 10.5 Å². The summed E-state index contributed by atoms with van der Waals surface area (Å²) in [5.74, 6) is -1.03. The van der Waals surface area contributed by atoms with Crippen LogP contribution >= 0.6 is 0 Å². The Bertz CT molecular complexity index is 368. The summed E-state index contributed by atoms with van der Waals surface area (Å²) in [7, 11) is 2.58. The molecule has 15 heavy (non-hydrogen) atoms. The van der Waals surface area contributed by atoms with Crippen molar-refractivity contribution in [3.8, 4) is 5.75 Å². The number of hydrogen-bond acceptors (Lipinski definition) is 4. The van der Waals surface area contributed by atoms with Crippen LogP contribution in [0.2, 0.25) is 0 Å². The molecule has 0 amide bonds. The van der Waals surface area contributed by atoms with E-state index in [9.17, 15) is 9.18 Å². The van der Waals surface area contributed by atoms with E-state index in [0.717, 1.165) is 0 Å². The highest BCUT2D eigenvalue weighted by atomic mass is 19.1. The molecule has 0 saturated heterocycles. The molecule has 5 heteroatoms. The van der Waals surface area contributed by atoms with E-state index >= 15 is 0 Å². The number of nitrogens with two attached hydrogens (primary N) is 1. The van der Waals surface area contributed by atoms with Crippen LogP contribution in [0, 0.1) is 5.82 Å². The van der Waals surface area contributed by atoms with Crippen molar-refractivity contribution in [2.45, 2.75) is 6.04 Å². The van der Waals surface area contributed by atoms with Crippen LogP contribution in [0.1, 0.15) is 11.6 Å². The van der Waals surface area contributed by atoms with Crippen molar-refractivity contribution in [1.82, 2.24) is 0 Å². The summed E-state index contributed by atoms with van der Waals surface area (Å²) in [5, 5.41) is 0. The monoisotopic (exact) mass is 213 g/mol. The molecule has 1 unspecified atom stereocenters. The first-order chi connectivity index (χ1) is 7.10. The normalized spacial score (nSPS) is 12.0. The van der Waals surface area contributed by atoms with E-state index in [0.29, 0.717) is 5.56 Å². The molecule has 0 fully saturated rings. The van der Waals surface area contributed by atoms with E-state index < -0.39 is 17.8 Å². The lowest BCUT2D eigenvalue weighted by Crippen LogP contribution is -2.22. The summed E-state index contributed by atoms with van der Waals surface area (Å²) >= 11 is 0. The minimum Gasteiger partial charge on any atom is -0.494 e. The predicted molar refractivity (Wildman–Crippen MR) is 51.9 cm³/mol. The zero-order chi connectivity index (χ0) is 11.4. The van der Waals surface area contributed by atoms with Gasteiger partial charge in [-0.1, -0.05) is 6.07 Å². The van der Waals surface area contributed by atoms with E-state index in [1.165, 1.54) is 32.4 Å². The second kappa shape index (κ2) is 4.75. The number of carbonyl (C=O) groups is 1. The van der Waals surface area contributed by atoms with Crippen LogP contribution in [-0.2, 0) is 9.53 Å². The Hall–Kier alpha value is -1.62. The summed E-state index contributed by atoms with van der Waals surface area (Å²) in [6, 6.07) is 3.05. The molecule has 82 valence electrons. The molecule has 0 aromatic heterocycles. The van der Waals surface area contributed by atoms with Crippen molar-refractivity contribution in [3.63, 3.8) is 0 Å². The van der Waals surface area contributed by atoms with Crippen LogP contribution in [-0.4, -0.2) is 20.2 Å². The second-order valence-electron chi connectivity index (χ2n) is 2.89. The molecular weight excluding hydrogens is 201 g/mol. The van der Waals surface area contributed by atoms with Gasteiger partial charge in [0.2, 0.25) is 0 Å². The molecule has 0 aliphatic carbocycles. The molecule has 0 radical (unpaired) electrons. The lowest BCUT2D eigenvalue weighted by molar-refractivity contribution is -0.142. The minimum atomic E-state index is -0.926. The average molecular weight is 213 g/mol. The summed E-state index contributed by atoms with van der Waals surface area (Å²) in [4.78, 5) is 11.1. The summed E-state index contributed by atoms with van der Waals surface area (Å²) in [5.41, 5.74) is 6.01. The maximum atomic E-state index is 13.0. The first-order valence-corrected chi connectivity index (χ1v) is 4.27. The van der Waals surface area contributed by atoms with E-state index in [1.54, 1.807) is 0 Å². The first-order valence-electron chi connectivity index (χ1n) is 4.27. The molecule has 4 nitrogen and oxygen atoms in total. The number of benzene rings is 1. The number of carbonyl (C=O) groups excluding carboxylic acids is 1. The molecule has 0 bridgehead atoms. The third-order valence-corrected chi connectivity index (χ3v) is 1.99. The molecule has 1 aromatic carbocycles. The van der Waals surface area contributed by atoms with E-state index in [-0.39, 0.29) is 5.75 Å². The SMILES string of the molecule is COC(=O)C(N)c1ccc(F)c(OC)c1. The van der Waals surface area contributed by atoms with Gasteiger partial charge in [0.05, 0.1) is 14.2 Å². The number of methoxy groups -OCH3 is 2. The van der Waals surface area contributed by atoms with Gasteiger partial charge in [0.15, 0.2) is 11.6 Å². The Balaban J connectivity index is 3.00. The zero-order valence-corrected chi connectivity index (χ0v) is 8.49. The number of halogens is 1. The van der Waals surface area contributed by atoms with E-state index in [1.807, 2.05) is 0 Å². The van der Waals surface area contributed by atoms with Gasteiger partial charge in [-0.3, -0.25) is 4.79 Å². The predicted octanol–water partition coefficient (Wildman–Crippen LogP) is 1.01. The average Bonchev–Trinajstić information content (AvgIpc) is 2.27. The molecule has 1 aromatic rings. The lowest BCUT2D eigenvalue weighted by Gasteiger charge is -2.11. The fourth-order valence-corrected chi connectivity index (χ4v) is 1.13. The van der Waals surface area contributed by atoms with Crippen LogP contribution in [0.5, 0.6) is 5.75 Å². The van der Waals surface area contributed by atoms with Gasteiger partial charge in [-0.2, -0.15) is 0 Å². The van der Waals surface area contributed by atoms with Crippen LogP contribution in [0.3, 0.4) is 0 Å². The molecule has 0 aliphatic rings. The van der Waals surface area contributed by atoms with Gasteiger partial charge in [0.25, 0.3) is 0 Å². The minimum absolute atomic E-state index is 0.0480. The summed E-state index contributed by atoms with van der Waals surface area (Å²) in [6.45, 7) is 0. The Morgan fingerprint density at radius 2 is 2.13 bits per heavy atom. The summed E-state index contributed by atoms with van der Waals surface area (Å²) < 4.78 is 22.3. The standard InChI is InChI=1S/C10H12FNO3/c1-14-8-5-6(3-4-7(8)11)9(12)10(13)15-2/h3-5,9H,12H2,1-2H3. The number of ether oxygens (including phenoxy) is 2. The molecule has 0 aliphatic heterocycles. The number of rotatable bonds is 3. The van der Waals surface area contributed by atoms with Crippen molar-refractivity contribution in [3.05, 3.63) is 29.6 Å². The van der Waals surface area contributed by atoms with Crippen molar-refractivity contribution in [1.29, 1.82) is 0 Å². The van der Waals surface area contributed by atoms with Gasteiger partial charge in [-0.05, 0) is 17.7 Å². The zero-order valence-electron chi connectivity index (χ0n) is 8.49. The molecule has 1 atom stereocenters. The second-order valence-corrected chi connectivity index (χ2v) is 2.89. The Labute approximate surface area is 86.8 Å². The van der Waals surface area contributed by atoms with Crippen LogP contribution in [0.25, 0.3) is 0 Å². The number of esters is 1. The summed E-state index contributed by atoms with van der Waals surface area (Å²) in [6.07, 6.45) is 0. The molecule has 1 rings (SSSR count). The van der Waals surface area contributed by atoms with Gasteiger partial charge >= 0.3 is 5.97 Å². The van der Waals surface area contributed by atoms with Crippen molar-refractivity contribution < 1.29 is 18.7 Å². The Morgan fingerprint density at radius 1 is 1.47 bits per heavy atom. The van der Waals surface area contributed by atoms with E-state index in [2.05, 4.69) is 4.74 Å². The maximum Gasteiger partial charge on any atom is 0.327 e. The van der Waals surface area contributed by atoms with Crippen molar-refractivity contribution in [2.24, 2.45) is 5.73 Å². The molecular formula is C10H12FNO3. The highest BCUT2D eigenvalue weighted by Gasteiger charge is 2.17. The Morgan fingerprint density at radius 3 is 2.67 bits per heavy atom. The molecule has 2 N–H and O–H groups in total. The molecule has 0 spiro atoms. The van der Waals surface area contributed by atoms with Crippen LogP contribution in [0.4, 0.5) is 4.39 Å².